The first-order chi connectivity index (χ1) is 16.8. The highest BCUT2D eigenvalue weighted by Gasteiger charge is 2.20. The molecule has 0 aliphatic carbocycles. The molecule has 1 saturated heterocycles. The SMILES string of the molecule is O=c1c2ccccc2c2cnn(-c3ccccc3)c2n1CCN1CCN(c2ccccc2)CC1. The Morgan fingerprint density at radius 2 is 1.26 bits per heavy atom. The smallest absolute Gasteiger partial charge is 0.260 e. The van der Waals surface area contributed by atoms with Crippen molar-refractivity contribution in [3.8, 4) is 5.69 Å². The lowest BCUT2D eigenvalue weighted by Crippen LogP contribution is -2.47. The van der Waals surface area contributed by atoms with Gasteiger partial charge in [0, 0.05) is 55.7 Å². The Labute approximate surface area is 198 Å². The summed E-state index contributed by atoms with van der Waals surface area (Å²) in [7, 11) is 0. The third-order valence-electron chi connectivity index (χ3n) is 6.83. The molecule has 1 aliphatic heterocycles. The molecule has 0 amide bonds. The van der Waals surface area contributed by atoms with Gasteiger partial charge in [-0.05, 0) is 35.7 Å². The molecule has 34 heavy (non-hydrogen) atoms. The van der Waals surface area contributed by atoms with Gasteiger partial charge in [-0.3, -0.25) is 14.3 Å². The van der Waals surface area contributed by atoms with Crippen molar-refractivity contribution < 1.29 is 0 Å². The molecule has 6 heteroatoms. The van der Waals surface area contributed by atoms with Crippen LogP contribution in [-0.4, -0.2) is 52.0 Å². The van der Waals surface area contributed by atoms with Gasteiger partial charge in [0.25, 0.3) is 5.56 Å². The van der Waals surface area contributed by atoms with Gasteiger partial charge < -0.3 is 4.90 Å². The molecule has 6 nitrogen and oxygen atoms in total. The van der Waals surface area contributed by atoms with Crippen molar-refractivity contribution in [3.63, 3.8) is 0 Å². The Balaban J connectivity index is 1.32. The number of benzene rings is 3. The number of anilines is 1. The first-order valence-electron chi connectivity index (χ1n) is 11.9. The summed E-state index contributed by atoms with van der Waals surface area (Å²) in [6, 6.07) is 28.5. The Bertz CT molecular complexity index is 1480. The summed E-state index contributed by atoms with van der Waals surface area (Å²) < 4.78 is 3.82. The number of hydrogen-bond donors (Lipinski definition) is 0. The quantitative estimate of drug-likeness (QED) is 0.404. The largest absolute Gasteiger partial charge is 0.369 e. The van der Waals surface area contributed by atoms with Crippen LogP contribution in [0, 0.1) is 0 Å². The highest BCUT2D eigenvalue weighted by Crippen LogP contribution is 2.25. The monoisotopic (exact) mass is 449 g/mol. The lowest BCUT2D eigenvalue weighted by atomic mass is 10.1. The van der Waals surface area contributed by atoms with Crippen LogP contribution in [0.25, 0.3) is 27.5 Å². The molecule has 0 atom stereocenters. The zero-order valence-electron chi connectivity index (χ0n) is 19.0. The minimum Gasteiger partial charge on any atom is -0.369 e. The molecule has 170 valence electrons. The van der Waals surface area contributed by atoms with Crippen LogP contribution in [0.5, 0.6) is 0 Å². The number of fused-ring (bicyclic) bond motifs is 3. The minimum absolute atomic E-state index is 0.0451. The summed E-state index contributed by atoms with van der Waals surface area (Å²) >= 11 is 0. The lowest BCUT2D eigenvalue weighted by molar-refractivity contribution is 0.248. The average molecular weight is 450 g/mol. The molecule has 1 fully saturated rings. The first kappa shape index (κ1) is 20.7. The summed E-state index contributed by atoms with van der Waals surface area (Å²) in [6.45, 7) is 5.42. The molecule has 6 rings (SSSR count). The van der Waals surface area contributed by atoms with Gasteiger partial charge in [-0.15, -0.1) is 0 Å². The van der Waals surface area contributed by atoms with Crippen LogP contribution in [0.2, 0.25) is 0 Å². The van der Waals surface area contributed by atoms with Gasteiger partial charge in [0.2, 0.25) is 0 Å². The number of hydrogen-bond acceptors (Lipinski definition) is 4. The molecule has 0 bridgehead atoms. The predicted octanol–water partition coefficient (Wildman–Crippen LogP) is 4.16. The fourth-order valence-corrected chi connectivity index (χ4v) is 5.01. The van der Waals surface area contributed by atoms with E-state index in [1.165, 1.54) is 5.69 Å². The number of rotatable bonds is 5. The van der Waals surface area contributed by atoms with E-state index in [2.05, 4.69) is 40.1 Å². The van der Waals surface area contributed by atoms with Crippen molar-refractivity contribution in [2.24, 2.45) is 0 Å². The summed E-state index contributed by atoms with van der Waals surface area (Å²) in [5.74, 6) is 0. The van der Waals surface area contributed by atoms with Gasteiger partial charge in [0.05, 0.1) is 11.9 Å². The van der Waals surface area contributed by atoms with Crippen LogP contribution >= 0.6 is 0 Å². The second-order valence-corrected chi connectivity index (χ2v) is 8.80. The molecule has 0 unspecified atom stereocenters. The van der Waals surface area contributed by atoms with Crippen LogP contribution in [0.4, 0.5) is 5.69 Å². The van der Waals surface area contributed by atoms with E-state index in [4.69, 9.17) is 5.10 Å². The molecule has 0 spiro atoms. The van der Waals surface area contributed by atoms with Crippen LogP contribution < -0.4 is 10.5 Å². The van der Waals surface area contributed by atoms with Crippen LogP contribution in [0.15, 0.2) is 95.9 Å². The summed E-state index contributed by atoms with van der Waals surface area (Å²) in [6.07, 6.45) is 1.89. The third-order valence-corrected chi connectivity index (χ3v) is 6.83. The zero-order valence-corrected chi connectivity index (χ0v) is 19.0. The van der Waals surface area contributed by atoms with E-state index in [1.807, 2.05) is 70.0 Å². The van der Waals surface area contributed by atoms with Crippen molar-refractivity contribution in [3.05, 3.63) is 101 Å². The molecular formula is C28H27N5O. The molecule has 0 saturated carbocycles. The maximum Gasteiger partial charge on any atom is 0.260 e. The van der Waals surface area contributed by atoms with E-state index in [0.717, 1.165) is 60.2 Å². The fraction of sp³-hybridized carbons (Fsp3) is 0.214. The van der Waals surface area contributed by atoms with Gasteiger partial charge in [-0.25, -0.2) is 4.68 Å². The van der Waals surface area contributed by atoms with E-state index < -0.39 is 0 Å². The fourth-order valence-electron chi connectivity index (χ4n) is 5.01. The Morgan fingerprint density at radius 1 is 0.647 bits per heavy atom. The number of para-hydroxylation sites is 2. The number of nitrogens with zero attached hydrogens (tertiary/aromatic N) is 5. The molecule has 0 N–H and O–H groups in total. The highest BCUT2D eigenvalue weighted by atomic mass is 16.1. The number of aromatic nitrogens is 3. The van der Waals surface area contributed by atoms with Crippen molar-refractivity contribution in [2.75, 3.05) is 37.6 Å². The van der Waals surface area contributed by atoms with Crippen molar-refractivity contribution in [1.29, 1.82) is 0 Å². The summed E-state index contributed by atoms with van der Waals surface area (Å²) in [5, 5.41) is 7.40. The second-order valence-electron chi connectivity index (χ2n) is 8.80. The van der Waals surface area contributed by atoms with E-state index in [0.29, 0.717) is 6.54 Å². The molecular weight excluding hydrogens is 422 g/mol. The van der Waals surface area contributed by atoms with Gasteiger partial charge in [-0.2, -0.15) is 5.10 Å². The lowest BCUT2D eigenvalue weighted by Gasteiger charge is -2.36. The molecule has 5 aromatic rings. The van der Waals surface area contributed by atoms with E-state index >= 15 is 0 Å². The number of piperazine rings is 1. The van der Waals surface area contributed by atoms with E-state index in [1.54, 1.807) is 0 Å². The van der Waals surface area contributed by atoms with Crippen LogP contribution in [-0.2, 0) is 6.54 Å². The highest BCUT2D eigenvalue weighted by molar-refractivity contribution is 6.04. The molecule has 0 radical (unpaired) electrons. The Morgan fingerprint density at radius 3 is 1.97 bits per heavy atom. The second kappa shape index (κ2) is 8.80. The maximum atomic E-state index is 13.6. The van der Waals surface area contributed by atoms with Gasteiger partial charge >= 0.3 is 0 Å². The van der Waals surface area contributed by atoms with Gasteiger partial charge in [0.1, 0.15) is 5.65 Å². The first-order valence-corrected chi connectivity index (χ1v) is 11.9. The molecule has 1 aliphatic rings. The van der Waals surface area contributed by atoms with Crippen LogP contribution in [0.3, 0.4) is 0 Å². The zero-order chi connectivity index (χ0) is 22.9. The molecule has 2 aromatic heterocycles. The van der Waals surface area contributed by atoms with Crippen molar-refractivity contribution in [2.45, 2.75) is 6.54 Å². The summed E-state index contributed by atoms with van der Waals surface area (Å²) in [5.41, 5.74) is 3.14. The Hall–Kier alpha value is -3.90. The van der Waals surface area contributed by atoms with Gasteiger partial charge in [-0.1, -0.05) is 54.6 Å². The number of pyridine rings is 1. The van der Waals surface area contributed by atoms with Gasteiger partial charge in [0.15, 0.2) is 0 Å². The normalized spacial score (nSPS) is 14.8. The topological polar surface area (TPSA) is 46.3 Å². The Kier molecular flexibility index (Phi) is 5.35. The van der Waals surface area contributed by atoms with E-state index in [-0.39, 0.29) is 5.56 Å². The standard InChI is InChI=1S/C28H27N5O/c34-28-25-14-8-7-13-24(25)26-21-29-33(23-11-5-2-6-12-23)27(26)32(28)20-17-30-15-18-31(19-16-30)22-9-3-1-4-10-22/h1-14,21H,15-20H2. The maximum absolute atomic E-state index is 13.6. The van der Waals surface area contributed by atoms with Crippen molar-refractivity contribution >= 4 is 27.5 Å². The minimum atomic E-state index is 0.0451. The predicted molar refractivity (Wildman–Crippen MR) is 138 cm³/mol. The van der Waals surface area contributed by atoms with E-state index in [9.17, 15) is 4.79 Å². The molecule has 3 aromatic carbocycles. The third kappa shape index (κ3) is 3.66. The average Bonchev–Trinajstić information content (AvgIpc) is 3.35. The van der Waals surface area contributed by atoms with Crippen LogP contribution in [0.1, 0.15) is 0 Å². The van der Waals surface area contributed by atoms with Crippen molar-refractivity contribution in [1.82, 2.24) is 19.2 Å². The molecule has 3 heterocycles. The summed E-state index contributed by atoms with van der Waals surface area (Å²) in [4.78, 5) is 18.5.